The van der Waals surface area contributed by atoms with E-state index in [4.69, 9.17) is 4.74 Å². The highest BCUT2D eigenvalue weighted by molar-refractivity contribution is 5.92. The molecule has 1 saturated heterocycles. The van der Waals surface area contributed by atoms with Crippen LogP contribution in [0.4, 0.5) is 5.82 Å². The Morgan fingerprint density at radius 2 is 2.24 bits per heavy atom. The van der Waals surface area contributed by atoms with Crippen molar-refractivity contribution in [3.05, 3.63) is 42.1 Å². The van der Waals surface area contributed by atoms with Gasteiger partial charge in [-0.05, 0) is 12.1 Å². The normalized spacial score (nSPS) is 15.0. The molecule has 1 aliphatic heterocycles. The number of ether oxygens (including phenoxy) is 1. The molecule has 0 unspecified atom stereocenters. The number of hydrogen-bond donors (Lipinski definition) is 2. The molecule has 1 fully saturated rings. The molecule has 0 radical (unpaired) electrons. The smallest absolute Gasteiger partial charge is 0.268 e. The number of carbonyl (C=O) groups is 1. The maximum atomic E-state index is 11.9. The summed E-state index contributed by atoms with van der Waals surface area (Å²) < 4.78 is 5.33. The second kappa shape index (κ2) is 6.36. The third-order valence-electron chi connectivity index (χ3n) is 3.32. The molecule has 21 heavy (non-hydrogen) atoms. The van der Waals surface area contributed by atoms with Gasteiger partial charge < -0.3 is 19.9 Å². The molecule has 0 aliphatic carbocycles. The molecule has 0 aromatic carbocycles. The van der Waals surface area contributed by atoms with Crippen LogP contribution < -0.4 is 10.2 Å². The number of morpholine rings is 1. The molecule has 2 aromatic heterocycles. The van der Waals surface area contributed by atoms with E-state index in [0.717, 1.165) is 24.6 Å². The molecule has 110 valence electrons. The highest BCUT2D eigenvalue weighted by Gasteiger charge is 2.13. The summed E-state index contributed by atoms with van der Waals surface area (Å²) in [4.78, 5) is 25.4. The number of anilines is 1. The Morgan fingerprint density at radius 3 is 3.00 bits per heavy atom. The molecule has 0 spiro atoms. The minimum absolute atomic E-state index is 0.147. The summed E-state index contributed by atoms with van der Waals surface area (Å²) in [5.74, 6) is 0.726. The average Bonchev–Trinajstić information content (AvgIpc) is 3.08. The Bertz CT molecular complexity index is 593. The van der Waals surface area contributed by atoms with Crippen molar-refractivity contribution >= 4 is 11.7 Å². The molecule has 1 aliphatic rings. The lowest BCUT2D eigenvalue weighted by Crippen LogP contribution is -2.37. The minimum atomic E-state index is -0.147. The van der Waals surface area contributed by atoms with Crippen molar-refractivity contribution in [3.63, 3.8) is 0 Å². The molecule has 1 amide bonds. The fourth-order valence-electron chi connectivity index (χ4n) is 2.19. The molecular weight excluding hydrogens is 270 g/mol. The van der Waals surface area contributed by atoms with Gasteiger partial charge in [-0.3, -0.25) is 4.79 Å². The van der Waals surface area contributed by atoms with Crippen LogP contribution in [0.15, 0.2) is 30.7 Å². The summed E-state index contributed by atoms with van der Waals surface area (Å²) in [5, 5.41) is 2.83. The van der Waals surface area contributed by atoms with E-state index in [2.05, 4.69) is 25.2 Å². The predicted octanol–water partition coefficient (Wildman–Crippen LogP) is 0.571. The Kier molecular flexibility index (Phi) is 4.11. The SMILES string of the molecule is O=C(NCc1cc(N2CCOCC2)ncn1)c1ccc[nH]1. The molecule has 0 saturated carbocycles. The van der Waals surface area contributed by atoms with Crippen molar-refractivity contribution in [3.8, 4) is 0 Å². The maximum absolute atomic E-state index is 11.9. The summed E-state index contributed by atoms with van der Waals surface area (Å²) in [7, 11) is 0. The maximum Gasteiger partial charge on any atom is 0.268 e. The van der Waals surface area contributed by atoms with Crippen molar-refractivity contribution < 1.29 is 9.53 Å². The summed E-state index contributed by atoms with van der Waals surface area (Å²) in [5.41, 5.74) is 1.32. The van der Waals surface area contributed by atoms with Crippen molar-refractivity contribution in [1.82, 2.24) is 20.3 Å². The fourth-order valence-corrected chi connectivity index (χ4v) is 2.19. The Balaban J connectivity index is 1.62. The first-order valence-electron chi connectivity index (χ1n) is 6.88. The topological polar surface area (TPSA) is 83.1 Å². The first kappa shape index (κ1) is 13.6. The van der Waals surface area contributed by atoms with Gasteiger partial charge in [0.15, 0.2) is 0 Å². The largest absolute Gasteiger partial charge is 0.378 e. The Labute approximate surface area is 122 Å². The lowest BCUT2D eigenvalue weighted by atomic mass is 10.3. The number of H-pyrrole nitrogens is 1. The van der Waals surface area contributed by atoms with Crippen LogP contribution in [0.3, 0.4) is 0 Å². The number of hydrogen-bond acceptors (Lipinski definition) is 5. The third-order valence-corrected chi connectivity index (χ3v) is 3.32. The number of aromatic nitrogens is 3. The van der Waals surface area contributed by atoms with Gasteiger partial charge in [0.05, 0.1) is 25.5 Å². The number of rotatable bonds is 4. The summed E-state index contributed by atoms with van der Waals surface area (Å²) in [6.07, 6.45) is 3.25. The molecular formula is C14H17N5O2. The van der Waals surface area contributed by atoms with Gasteiger partial charge in [0.25, 0.3) is 5.91 Å². The van der Waals surface area contributed by atoms with Gasteiger partial charge in [-0.1, -0.05) is 0 Å². The third kappa shape index (κ3) is 3.38. The predicted molar refractivity (Wildman–Crippen MR) is 77.0 cm³/mol. The number of amides is 1. The number of nitrogens with one attached hydrogen (secondary N) is 2. The van der Waals surface area contributed by atoms with Crippen molar-refractivity contribution in [2.45, 2.75) is 6.54 Å². The van der Waals surface area contributed by atoms with Gasteiger partial charge in [-0.25, -0.2) is 9.97 Å². The Hall–Kier alpha value is -2.41. The molecule has 3 rings (SSSR count). The molecule has 7 heteroatoms. The van der Waals surface area contributed by atoms with Crippen molar-refractivity contribution in [2.24, 2.45) is 0 Å². The van der Waals surface area contributed by atoms with Gasteiger partial charge in [0.1, 0.15) is 17.8 Å². The van der Waals surface area contributed by atoms with Gasteiger partial charge in [-0.2, -0.15) is 0 Å². The lowest BCUT2D eigenvalue weighted by molar-refractivity contribution is 0.0946. The van der Waals surface area contributed by atoms with Crippen molar-refractivity contribution in [2.75, 3.05) is 31.2 Å². The van der Waals surface area contributed by atoms with Crippen molar-refractivity contribution in [1.29, 1.82) is 0 Å². The molecule has 2 N–H and O–H groups in total. The van der Waals surface area contributed by atoms with Gasteiger partial charge in [0, 0.05) is 25.4 Å². The summed E-state index contributed by atoms with van der Waals surface area (Å²) in [6, 6.07) is 5.42. The zero-order valence-corrected chi connectivity index (χ0v) is 11.6. The number of carbonyl (C=O) groups excluding carboxylic acids is 1. The van der Waals surface area contributed by atoms with Crippen LogP contribution in [0.5, 0.6) is 0 Å². The standard InChI is InChI=1S/C14H17N5O2/c20-14(12-2-1-3-15-12)16-9-11-8-13(18-10-17-11)19-4-6-21-7-5-19/h1-3,8,10,15H,4-7,9H2,(H,16,20). The molecule has 3 heterocycles. The van der Waals surface area contributed by atoms with Crippen LogP contribution in [-0.2, 0) is 11.3 Å². The second-order valence-corrected chi connectivity index (χ2v) is 4.73. The van der Waals surface area contributed by atoms with Crippen LogP contribution in [0.1, 0.15) is 16.2 Å². The highest BCUT2D eigenvalue weighted by Crippen LogP contribution is 2.12. The van der Waals surface area contributed by atoms with E-state index in [9.17, 15) is 4.79 Å². The monoisotopic (exact) mass is 287 g/mol. The van der Waals surface area contributed by atoms with E-state index in [-0.39, 0.29) is 5.91 Å². The van der Waals surface area contributed by atoms with Gasteiger partial charge in [0.2, 0.25) is 0 Å². The average molecular weight is 287 g/mol. The van der Waals surface area contributed by atoms with E-state index in [0.29, 0.717) is 25.5 Å². The zero-order valence-electron chi connectivity index (χ0n) is 11.6. The summed E-state index contributed by atoms with van der Waals surface area (Å²) in [6.45, 7) is 3.44. The first-order chi connectivity index (χ1) is 10.3. The van der Waals surface area contributed by atoms with E-state index in [1.165, 1.54) is 6.33 Å². The molecule has 0 atom stereocenters. The lowest BCUT2D eigenvalue weighted by Gasteiger charge is -2.27. The van der Waals surface area contributed by atoms with Crippen LogP contribution in [0.2, 0.25) is 0 Å². The van der Waals surface area contributed by atoms with Crippen LogP contribution >= 0.6 is 0 Å². The summed E-state index contributed by atoms with van der Waals surface area (Å²) >= 11 is 0. The van der Waals surface area contributed by atoms with E-state index >= 15 is 0 Å². The Morgan fingerprint density at radius 1 is 1.38 bits per heavy atom. The molecule has 0 bridgehead atoms. The number of aromatic amines is 1. The van der Waals surface area contributed by atoms with Gasteiger partial charge in [-0.15, -0.1) is 0 Å². The molecule has 2 aromatic rings. The van der Waals surface area contributed by atoms with Crippen LogP contribution in [-0.4, -0.2) is 47.2 Å². The highest BCUT2D eigenvalue weighted by atomic mass is 16.5. The second-order valence-electron chi connectivity index (χ2n) is 4.73. The quantitative estimate of drug-likeness (QED) is 0.859. The van der Waals surface area contributed by atoms with E-state index in [1.54, 1.807) is 18.3 Å². The molecule has 7 nitrogen and oxygen atoms in total. The van der Waals surface area contributed by atoms with E-state index < -0.39 is 0 Å². The number of nitrogens with zero attached hydrogens (tertiary/aromatic N) is 3. The zero-order chi connectivity index (χ0) is 14.5. The fraction of sp³-hybridized carbons (Fsp3) is 0.357. The minimum Gasteiger partial charge on any atom is -0.378 e. The van der Waals surface area contributed by atoms with Gasteiger partial charge >= 0.3 is 0 Å². The van der Waals surface area contributed by atoms with Crippen LogP contribution in [0, 0.1) is 0 Å². The van der Waals surface area contributed by atoms with Crippen LogP contribution in [0.25, 0.3) is 0 Å². The van der Waals surface area contributed by atoms with E-state index in [1.807, 2.05) is 6.07 Å². The first-order valence-corrected chi connectivity index (χ1v) is 6.88.